The van der Waals surface area contributed by atoms with Crippen molar-refractivity contribution in [1.29, 1.82) is 0 Å². The van der Waals surface area contributed by atoms with Gasteiger partial charge in [0.25, 0.3) is 0 Å². The fourth-order valence-corrected chi connectivity index (χ4v) is 1.61. The van der Waals surface area contributed by atoms with Crippen molar-refractivity contribution in [3.8, 4) is 0 Å². The normalized spacial score (nSPS) is 20.8. The molecular weight excluding hydrogens is 150 g/mol. The van der Waals surface area contributed by atoms with Crippen molar-refractivity contribution >= 4 is 0 Å². The van der Waals surface area contributed by atoms with Gasteiger partial charge in [-0.3, -0.25) is 0 Å². The number of ether oxygens (including phenoxy) is 1. The van der Waals surface area contributed by atoms with Crippen LogP contribution in [0.25, 0.3) is 0 Å². The third-order valence-electron chi connectivity index (χ3n) is 2.39. The standard InChI is InChI=1S/C10H21NO/c1-2-3-4-6-11-7-5-9-12-10-8-11/h2-10H2,1H3. The van der Waals surface area contributed by atoms with Crippen LogP contribution >= 0.6 is 0 Å². The van der Waals surface area contributed by atoms with E-state index < -0.39 is 0 Å². The van der Waals surface area contributed by atoms with E-state index >= 15 is 0 Å². The molecule has 1 aliphatic rings. The lowest BCUT2D eigenvalue weighted by atomic mass is 10.2. The first kappa shape index (κ1) is 10.0. The number of rotatable bonds is 4. The Labute approximate surface area is 75.9 Å². The molecule has 12 heavy (non-hydrogen) atoms. The average molecular weight is 171 g/mol. The minimum absolute atomic E-state index is 0.937. The van der Waals surface area contributed by atoms with E-state index in [0.29, 0.717) is 0 Å². The molecule has 0 bridgehead atoms. The van der Waals surface area contributed by atoms with Crippen molar-refractivity contribution in [2.75, 3.05) is 32.8 Å². The van der Waals surface area contributed by atoms with Crippen molar-refractivity contribution in [2.45, 2.75) is 32.6 Å². The maximum absolute atomic E-state index is 5.39. The molecular formula is C10H21NO. The largest absolute Gasteiger partial charge is 0.380 e. The highest BCUT2D eigenvalue weighted by Crippen LogP contribution is 2.02. The van der Waals surface area contributed by atoms with Gasteiger partial charge in [0.15, 0.2) is 0 Å². The first-order valence-corrected chi connectivity index (χ1v) is 5.23. The van der Waals surface area contributed by atoms with Crippen LogP contribution in [-0.4, -0.2) is 37.7 Å². The Hall–Kier alpha value is -0.0800. The average Bonchev–Trinajstić information content (AvgIpc) is 2.33. The zero-order valence-electron chi connectivity index (χ0n) is 8.22. The van der Waals surface area contributed by atoms with Crippen LogP contribution in [0.2, 0.25) is 0 Å². The smallest absolute Gasteiger partial charge is 0.0593 e. The fourth-order valence-electron chi connectivity index (χ4n) is 1.61. The predicted octanol–water partition coefficient (Wildman–Crippen LogP) is 1.90. The Bertz CT molecular complexity index is 98.0. The summed E-state index contributed by atoms with van der Waals surface area (Å²) in [6.07, 6.45) is 5.27. The summed E-state index contributed by atoms with van der Waals surface area (Å²) in [7, 11) is 0. The second kappa shape index (κ2) is 6.44. The molecule has 2 heteroatoms. The van der Waals surface area contributed by atoms with E-state index in [9.17, 15) is 0 Å². The highest BCUT2D eigenvalue weighted by Gasteiger charge is 2.07. The molecule has 72 valence electrons. The predicted molar refractivity (Wildman–Crippen MR) is 51.4 cm³/mol. The van der Waals surface area contributed by atoms with Gasteiger partial charge in [0, 0.05) is 19.7 Å². The molecule has 0 radical (unpaired) electrons. The van der Waals surface area contributed by atoms with Crippen LogP contribution in [0, 0.1) is 0 Å². The summed E-state index contributed by atoms with van der Waals surface area (Å²) >= 11 is 0. The van der Waals surface area contributed by atoms with E-state index in [2.05, 4.69) is 11.8 Å². The van der Waals surface area contributed by atoms with Crippen LogP contribution in [0.15, 0.2) is 0 Å². The Kier molecular flexibility index (Phi) is 5.37. The van der Waals surface area contributed by atoms with E-state index in [4.69, 9.17) is 4.74 Å². The number of hydrogen-bond acceptors (Lipinski definition) is 2. The third-order valence-corrected chi connectivity index (χ3v) is 2.39. The molecule has 2 nitrogen and oxygen atoms in total. The molecule has 0 spiro atoms. The second-order valence-electron chi connectivity index (χ2n) is 3.51. The third kappa shape index (κ3) is 4.07. The molecule has 1 heterocycles. The molecule has 1 saturated heterocycles. The van der Waals surface area contributed by atoms with Crippen molar-refractivity contribution in [3.05, 3.63) is 0 Å². The fraction of sp³-hybridized carbons (Fsp3) is 1.00. The van der Waals surface area contributed by atoms with Gasteiger partial charge in [-0.2, -0.15) is 0 Å². The molecule has 1 aliphatic heterocycles. The quantitative estimate of drug-likeness (QED) is 0.599. The van der Waals surface area contributed by atoms with Crippen molar-refractivity contribution in [2.24, 2.45) is 0 Å². The van der Waals surface area contributed by atoms with Crippen molar-refractivity contribution in [3.63, 3.8) is 0 Å². The van der Waals surface area contributed by atoms with E-state index in [-0.39, 0.29) is 0 Å². The Balaban J connectivity index is 2.04. The summed E-state index contributed by atoms with van der Waals surface area (Å²) in [6, 6.07) is 0. The molecule has 0 saturated carbocycles. The molecule has 0 atom stereocenters. The SMILES string of the molecule is CCCCCN1CCCOCC1. The molecule has 0 unspecified atom stereocenters. The van der Waals surface area contributed by atoms with Gasteiger partial charge in [-0.15, -0.1) is 0 Å². The zero-order valence-corrected chi connectivity index (χ0v) is 8.22. The molecule has 1 rings (SSSR count). The minimum Gasteiger partial charge on any atom is -0.380 e. The topological polar surface area (TPSA) is 12.5 Å². The van der Waals surface area contributed by atoms with E-state index in [1.807, 2.05) is 0 Å². The first-order chi connectivity index (χ1) is 5.93. The summed E-state index contributed by atoms with van der Waals surface area (Å²) in [5.41, 5.74) is 0. The van der Waals surface area contributed by atoms with Crippen molar-refractivity contribution in [1.82, 2.24) is 4.90 Å². The van der Waals surface area contributed by atoms with Crippen LogP contribution in [0.5, 0.6) is 0 Å². The van der Waals surface area contributed by atoms with Crippen LogP contribution in [0.4, 0.5) is 0 Å². The highest BCUT2D eigenvalue weighted by molar-refractivity contribution is 4.60. The Morgan fingerprint density at radius 3 is 2.92 bits per heavy atom. The van der Waals surface area contributed by atoms with Crippen LogP contribution in [0.1, 0.15) is 32.6 Å². The van der Waals surface area contributed by atoms with Crippen LogP contribution < -0.4 is 0 Å². The monoisotopic (exact) mass is 171 g/mol. The van der Waals surface area contributed by atoms with Gasteiger partial charge in [0.2, 0.25) is 0 Å². The van der Waals surface area contributed by atoms with Gasteiger partial charge in [0.05, 0.1) is 6.61 Å². The van der Waals surface area contributed by atoms with Gasteiger partial charge < -0.3 is 9.64 Å². The van der Waals surface area contributed by atoms with Crippen molar-refractivity contribution < 1.29 is 4.74 Å². The summed E-state index contributed by atoms with van der Waals surface area (Å²) in [5, 5.41) is 0. The Morgan fingerprint density at radius 2 is 2.08 bits per heavy atom. The van der Waals surface area contributed by atoms with Gasteiger partial charge in [-0.05, 0) is 19.4 Å². The number of unbranched alkanes of at least 4 members (excludes halogenated alkanes) is 2. The van der Waals surface area contributed by atoms with E-state index in [1.54, 1.807) is 0 Å². The van der Waals surface area contributed by atoms with Gasteiger partial charge in [-0.1, -0.05) is 19.8 Å². The first-order valence-electron chi connectivity index (χ1n) is 5.23. The molecule has 0 aliphatic carbocycles. The van der Waals surface area contributed by atoms with Crippen LogP contribution in [0.3, 0.4) is 0 Å². The molecule has 0 amide bonds. The van der Waals surface area contributed by atoms with E-state index in [0.717, 1.165) is 19.8 Å². The van der Waals surface area contributed by atoms with Gasteiger partial charge in [-0.25, -0.2) is 0 Å². The molecule has 0 aromatic heterocycles. The molecule has 0 N–H and O–H groups in total. The molecule has 1 fully saturated rings. The lowest BCUT2D eigenvalue weighted by Gasteiger charge is -2.18. The minimum atomic E-state index is 0.937. The highest BCUT2D eigenvalue weighted by atomic mass is 16.5. The zero-order chi connectivity index (χ0) is 8.65. The summed E-state index contributed by atoms with van der Waals surface area (Å²) in [5.74, 6) is 0. The van der Waals surface area contributed by atoms with E-state index in [1.165, 1.54) is 38.8 Å². The van der Waals surface area contributed by atoms with Gasteiger partial charge in [0.1, 0.15) is 0 Å². The maximum Gasteiger partial charge on any atom is 0.0593 e. The maximum atomic E-state index is 5.39. The lowest BCUT2D eigenvalue weighted by molar-refractivity contribution is 0.141. The summed E-state index contributed by atoms with van der Waals surface area (Å²) in [6.45, 7) is 7.81. The Morgan fingerprint density at radius 1 is 1.17 bits per heavy atom. The molecule has 0 aromatic rings. The lowest BCUT2D eigenvalue weighted by Crippen LogP contribution is -2.27. The second-order valence-corrected chi connectivity index (χ2v) is 3.51. The number of nitrogens with zero attached hydrogens (tertiary/aromatic N) is 1. The van der Waals surface area contributed by atoms with Gasteiger partial charge >= 0.3 is 0 Å². The van der Waals surface area contributed by atoms with Crippen LogP contribution in [-0.2, 0) is 4.74 Å². The summed E-state index contributed by atoms with van der Waals surface area (Å²) in [4.78, 5) is 2.53. The molecule has 0 aromatic carbocycles. The summed E-state index contributed by atoms with van der Waals surface area (Å²) < 4.78 is 5.39. The number of hydrogen-bond donors (Lipinski definition) is 0.